The zero-order chi connectivity index (χ0) is 13.5. The van der Waals surface area contributed by atoms with Crippen LogP contribution in [-0.4, -0.2) is 32.9 Å². The Morgan fingerprint density at radius 3 is 2.53 bits per heavy atom. The van der Waals surface area contributed by atoms with Gasteiger partial charge in [-0.15, -0.1) is 0 Å². The van der Waals surface area contributed by atoms with Gasteiger partial charge in [0, 0.05) is 25.3 Å². The Kier molecular flexibility index (Phi) is 5.63. The Bertz CT molecular complexity index is 359. The summed E-state index contributed by atoms with van der Waals surface area (Å²) in [5.41, 5.74) is 5.51. The summed E-state index contributed by atoms with van der Waals surface area (Å²) >= 11 is 0. The number of ether oxygens (including phenoxy) is 1. The summed E-state index contributed by atoms with van der Waals surface area (Å²) in [5.74, 6) is 0.552. The lowest BCUT2D eigenvalue weighted by Gasteiger charge is -2.28. The highest BCUT2D eigenvalue weighted by Crippen LogP contribution is 2.16. The van der Waals surface area contributed by atoms with Gasteiger partial charge in [-0.25, -0.2) is 0 Å². The van der Waals surface area contributed by atoms with Gasteiger partial charge >= 0.3 is 0 Å². The lowest BCUT2D eigenvalue weighted by Crippen LogP contribution is -2.36. The smallest absolute Gasteiger partial charge is 0.0705 e. The Morgan fingerprint density at radius 2 is 1.89 bits per heavy atom. The van der Waals surface area contributed by atoms with E-state index in [1.54, 1.807) is 0 Å². The maximum atomic E-state index is 5.37. The topological polar surface area (TPSA) is 33.7 Å². The van der Waals surface area contributed by atoms with E-state index in [2.05, 4.69) is 48.5 Å². The Hall–Kier alpha value is -1.10. The zero-order valence-electron chi connectivity index (χ0n) is 11.9. The van der Waals surface area contributed by atoms with Crippen LogP contribution in [0.5, 0.6) is 0 Å². The van der Waals surface area contributed by atoms with Crippen LogP contribution in [0.1, 0.15) is 19.4 Å². The van der Waals surface area contributed by atoms with Crippen molar-refractivity contribution in [3.05, 3.63) is 29.8 Å². The lowest BCUT2D eigenvalue weighted by atomic mass is 10.2. The van der Waals surface area contributed by atoms with Gasteiger partial charge in [0.2, 0.25) is 0 Å². The molecule has 19 heavy (non-hydrogen) atoms. The number of anilines is 1. The third kappa shape index (κ3) is 4.82. The fourth-order valence-electron chi connectivity index (χ4n) is 2.01. The van der Waals surface area contributed by atoms with Gasteiger partial charge in [-0.05, 0) is 23.6 Å². The molecule has 1 fully saturated rings. The minimum atomic E-state index is 0.552. The summed E-state index contributed by atoms with van der Waals surface area (Å²) in [4.78, 5) is 7.73. The highest BCUT2D eigenvalue weighted by Gasteiger charge is 2.10. The molecule has 1 saturated heterocycles. The van der Waals surface area contributed by atoms with Gasteiger partial charge in [0.25, 0.3) is 0 Å². The van der Waals surface area contributed by atoms with E-state index in [-0.39, 0.29) is 0 Å². The highest BCUT2D eigenvalue weighted by atomic mass is 16.6. The Morgan fingerprint density at radius 1 is 1.21 bits per heavy atom. The first-order valence-electron chi connectivity index (χ1n) is 7.02. The second-order valence-electron chi connectivity index (χ2n) is 5.29. The normalized spacial score (nSPS) is 16.1. The van der Waals surface area contributed by atoms with Gasteiger partial charge in [-0.2, -0.15) is 5.48 Å². The van der Waals surface area contributed by atoms with Crippen molar-refractivity contribution in [1.82, 2.24) is 5.48 Å². The number of hydrogen-bond donors (Lipinski definition) is 1. The van der Waals surface area contributed by atoms with Gasteiger partial charge < -0.3 is 14.5 Å². The molecular weight excluding hydrogens is 240 g/mol. The molecule has 1 aliphatic heterocycles. The number of hydroxylamine groups is 1. The summed E-state index contributed by atoms with van der Waals surface area (Å²) < 4.78 is 5.36. The predicted molar refractivity (Wildman–Crippen MR) is 77.1 cm³/mol. The van der Waals surface area contributed by atoms with Gasteiger partial charge in [0.15, 0.2) is 0 Å². The van der Waals surface area contributed by atoms with Crippen LogP contribution in [0.3, 0.4) is 0 Å². The molecule has 1 N–H and O–H groups in total. The first-order valence-corrected chi connectivity index (χ1v) is 7.02. The SMILES string of the molecule is CC(C)CONCc1ccc(N2CCOCC2)cc1. The van der Waals surface area contributed by atoms with Crippen LogP contribution >= 0.6 is 0 Å². The van der Waals surface area contributed by atoms with E-state index >= 15 is 0 Å². The third-order valence-corrected chi connectivity index (χ3v) is 3.11. The summed E-state index contributed by atoms with van der Waals surface area (Å²) in [5, 5.41) is 0. The van der Waals surface area contributed by atoms with Crippen LogP contribution in [0.4, 0.5) is 5.69 Å². The lowest BCUT2D eigenvalue weighted by molar-refractivity contribution is 0.0196. The third-order valence-electron chi connectivity index (χ3n) is 3.11. The molecule has 0 aliphatic carbocycles. The molecule has 0 spiro atoms. The van der Waals surface area contributed by atoms with E-state index in [1.807, 2.05) is 0 Å². The fraction of sp³-hybridized carbons (Fsp3) is 0.600. The Balaban J connectivity index is 1.77. The van der Waals surface area contributed by atoms with E-state index in [0.29, 0.717) is 5.92 Å². The van der Waals surface area contributed by atoms with Crippen molar-refractivity contribution in [3.63, 3.8) is 0 Å². The standard InChI is InChI=1S/C15H24N2O2/c1-13(2)12-19-16-11-14-3-5-15(6-4-14)17-7-9-18-10-8-17/h3-6,13,16H,7-12H2,1-2H3. The molecule has 106 valence electrons. The largest absolute Gasteiger partial charge is 0.378 e. The van der Waals surface area contributed by atoms with Crippen molar-refractivity contribution >= 4 is 5.69 Å². The van der Waals surface area contributed by atoms with Crippen molar-refractivity contribution in [3.8, 4) is 0 Å². The molecule has 0 unspecified atom stereocenters. The van der Waals surface area contributed by atoms with Crippen LogP contribution in [-0.2, 0) is 16.1 Å². The predicted octanol–water partition coefficient (Wildman–Crippen LogP) is 2.20. The second-order valence-corrected chi connectivity index (χ2v) is 5.29. The number of hydrogen-bond acceptors (Lipinski definition) is 4. The number of nitrogens with zero attached hydrogens (tertiary/aromatic N) is 1. The molecule has 0 bridgehead atoms. The van der Waals surface area contributed by atoms with Crippen LogP contribution in [0.25, 0.3) is 0 Å². The molecule has 0 saturated carbocycles. The van der Waals surface area contributed by atoms with Crippen LogP contribution < -0.4 is 10.4 Å². The van der Waals surface area contributed by atoms with E-state index in [4.69, 9.17) is 9.57 Å². The molecule has 0 amide bonds. The van der Waals surface area contributed by atoms with E-state index < -0.39 is 0 Å². The number of nitrogens with one attached hydrogen (secondary N) is 1. The monoisotopic (exact) mass is 264 g/mol. The molecule has 0 atom stereocenters. The number of morpholine rings is 1. The number of rotatable bonds is 6. The maximum absolute atomic E-state index is 5.37. The molecule has 1 aromatic rings. The molecule has 1 heterocycles. The summed E-state index contributed by atoms with van der Waals surface area (Å²) in [6.07, 6.45) is 0. The molecule has 0 radical (unpaired) electrons. The fourth-order valence-corrected chi connectivity index (χ4v) is 2.01. The molecule has 4 heteroatoms. The molecule has 1 aliphatic rings. The van der Waals surface area contributed by atoms with Gasteiger partial charge in [-0.3, -0.25) is 0 Å². The van der Waals surface area contributed by atoms with Crippen LogP contribution in [0.15, 0.2) is 24.3 Å². The average molecular weight is 264 g/mol. The molecule has 1 aromatic carbocycles. The first-order chi connectivity index (χ1) is 9.25. The van der Waals surface area contributed by atoms with Gasteiger partial charge in [-0.1, -0.05) is 26.0 Å². The van der Waals surface area contributed by atoms with E-state index in [1.165, 1.54) is 11.3 Å². The summed E-state index contributed by atoms with van der Waals surface area (Å²) in [7, 11) is 0. The second kappa shape index (κ2) is 7.48. The van der Waals surface area contributed by atoms with Crippen molar-refractivity contribution in [2.24, 2.45) is 5.92 Å². The maximum Gasteiger partial charge on any atom is 0.0705 e. The number of benzene rings is 1. The average Bonchev–Trinajstić information content (AvgIpc) is 2.45. The molecule has 0 aromatic heterocycles. The quantitative estimate of drug-likeness (QED) is 0.631. The molecule has 2 rings (SSSR count). The van der Waals surface area contributed by atoms with Crippen molar-refractivity contribution in [2.75, 3.05) is 37.8 Å². The molecular formula is C15H24N2O2. The van der Waals surface area contributed by atoms with Crippen molar-refractivity contribution in [1.29, 1.82) is 0 Å². The molecule has 4 nitrogen and oxygen atoms in total. The highest BCUT2D eigenvalue weighted by molar-refractivity contribution is 5.47. The van der Waals surface area contributed by atoms with E-state index in [0.717, 1.165) is 39.5 Å². The first kappa shape index (κ1) is 14.3. The van der Waals surface area contributed by atoms with Gasteiger partial charge in [0.1, 0.15) is 0 Å². The Labute approximate surface area is 115 Å². The van der Waals surface area contributed by atoms with Gasteiger partial charge in [0.05, 0.1) is 19.8 Å². The minimum absolute atomic E-state index is 0.552. The van der Waals surface area contributed by atoms with E-state index in [9.17, 15) is 0 Å². The van der Waals surface area contributed by atoms with Crippen LogP contribution in [0.2, 0.25) is 0 Å². The summed E-state index contributed by atoms with van der Waals surface area (Å²) in [6.45, 7) is 9.38. The van der Waals surface area contributed by atoms with Crippen molar-refractivity contribution < 1.29 is 9.57 Å². The minimum Gasteiger partial charge on any atom is -0.378 e. The zero-order valence-corrected chi connectivity index (χ0v) is 11.9. The van der Waals surface area contributed by atoms with Crippen molar-refractivity contribution in [2.45, 2.75) is 20.4 Å². The summed E-state index contributed by atoms with van der Waals surface area (Å²) in [6, 6.07) is 8.64. The van der Waals surface area contributed by atoms with Crippen LogP contribution in [0, 0.1) is 5.92 Å².